The van der Waals surface area contributed by atoms with Crippen LogP contribution in [0.4, 0.5) is 5.82 Å². The zero-order chi connectivity index (χ0) is 11.5. The number of primary amides is 1. The second-order valence-electron chi connectivity index (χ2n) is 3.22. The standard InChI is InChI=1S/C7H10ClN7O/c8-1-2-14-3-4-15(13-14)7-5(6(9)16)10-12-11-7/h1-4H2,(H2-,9,10,11,12,13,16)/p+1. The molecule has 1 aromatic rings. The number of rotatable bonds is 4. The van der Waals surface area contributed by atoms with E-state index in [1.807, 2.05) is 0 Å². The highest BCUT2D eigenvalue weighted by molar-refractivity contribution is 6.17. The van der Waals surface area contributed by atoms with Crippen molar-refractivity contribution in [1.82, 2.24) is 15.4 Å². The number of nitrogens with zero attached hydrogens (tertiary/aromatic N) is 5. The summed E-state index contributed by atoms with van der Waals surface area (Å²) in [7, 11) is 0. The van der Waals surface area contributed by atoms with Crippen LogP contribution in [0.5, 0.6) is 0 Å². The van der Waals surface area contributed by atoms with E-state index in [9.17, 15) is 4.79 Å². The molecule has 0 atom stereocenters. The number of carbonyl (C=O) groups is 1. The van der Waals surface area contributed by atoms with Gasteiger partial charge in [-0.15, -0.1) is 26.8 Å². The molecule has 0 aliphatic carbocycles. The maximum absolute atomic E-state index is 11.0. The van der Waals surface area contributed by atoms with Gasteiger partial charge in [0.2, 0.25) is 5.69 Å². The van der Waals surface area contributed by atoms with Crippen LogP contribution in [0.3, 0.4) is 0 Å². The van der Waals surface area contributed by atoms with Gasteiger partial charge in [-0.2, -0.15) is 9.91 Å². The van der Waals surface area contributed by atoms with Crippen LogP contribution < -0.4 is 10.7 Å². The molecule has 86 valence electrons. The normalized spacial score (nSPS) is 15.3. The van der Waals surface area contributed by atoms with Crippen LogP contribution in [0.2, 0.25) is 0 Å². The maximum atomic E-state index is 11.0. The van der Waals surface area contributed by atoms with Crippen molar-refractivity contribution in [2.24, 2.45) is 11.0 Å². The van der Waals surface area contributed by atoms with Gasteiger partial charge in [0.05, 0.1) is 11.1 Å². The third-order valence-electron chi connectivity index (χ3n) is 2.15. The Bertz CT molecular complexity index is 428. The summed E-state index contributed by atoms with van der Waals surface area (Å²) < 4.78 is 1.80. The Hall–Kier alpha value is -1.70. The number of hydrogen-bond donors (Lipinski definition) is 2. The Labute approximate surface area is 96.0 Å². The minimum absolute atomic E-state index is 0.0940. The van der Waals surface area contributed by atoms with E-state index in [1.54, 1.807) is 9.71 Å². The van der Waals surface area contributed by atoms with Gasteiger partial charge in [-0.05, 0) is 0 Å². The van der Waals surface area contributed by atoms with Crippen LogP contribution >= 0.6 is 11.6 Å². The molecule has 0 saturated heterocycles. The number of aromatic nitrogens is 3. The molecule has 2 heterocycles. The minimum Gasteiger partial charge on any atom is -0.364 e. The predicted molar refractivity (Wildman–Crippen MR) is 55.4 cm³/mol. The molecule has 0 saturated carbocycles. The molecule has 2 rings (SSSR count). The van der Waals surface area contributed by atoms with Gasteiger partial charge in [0.15, 0.2) is 6.54 Å². The lowest BCUT2D eigenvalue weighted by Gasteiger charge is -1.98. The van der Waals surface area contributed by atoms with Gasteiger partial charge in [0.25, 0.3) is 11.7 Å². The number of nitrogens with two attached hydrogens (primary N) is 1. The first-order chi connectivity index (χ1) is 7.72. The largest absolute Gasteiger partial charge is 0.364 e. The number of aromatic amines is 1. The molecule has 0 radical (unpaired) electrons. The smallest absolute Gasteiger partial charge is 0.293 e. The van der Waals surface area contributed by atoms with Gasteiger partial charge in [0.1, 0.15) is 13.1 Å². The molecule has 1 aliphatic heterocycles. The Morgan fingerprint density at radius 3 is 3.12 bits per heavy atom. The summed E-state index contributed by atoms with van der Waals surface area (Å²) in [5.41, 5.74) is 5.25. The van der Waals surface area contributed by atoms with Crippen molar-refractivity contribution in [2.45, 2.75) is 0 Å². The van der Waals surface area contributed by atoms with E-state index in [0.29, 0.717) is 24.8 Å². The number of carbonyl (C=O) groups excluding carboxylic acids is 1. The van der Waals surface area contributed by atoms with Crippen LogP contribution in [-0.4, -0.2) is 51.5 Å². The summed E-state index contributed by atoms with van der Waals surface area (Å²) in [6.07, 6.45) is 0. The quantitative estimate of drug-likeness (QED) is 0.542. The van der Waals surface area contributed by atoms with Crippen molar-refractivity contribution in [3.63, 3.8) is 0 Å². The van der Waals surface area contributed by atoms with Gasteiger partial charge < -0.3 is 5.73 Å². The molecule has 0 fully saturated rings. The maximum Gasteiger partial charge on any atom is 0.293 e. The van der Waals surface area contributed by atoms with Crippen LogP contribution in [0.15, 0.2) is 5.22 Å². The summed E-state index contributed by atoms with van der Waals surface area (Å²) >= 11 is 5.61. The summed E-state index contributed by atoms with van der Waals surface area (Å²) in [5, 5.41) is 15.7. The van der Waals surface area contributed by atoms with Crippen molar-refractivity contribution in [2.75, 3.05) is 30.5 Å². The highest BCUT2D eigenvalue weighted by Gasteiger charge is 2.30. The van der Waals surface area contributed by atoms with Crippen LogP contribution in [0, 0.1) is 0 Å². The third kappa shape index (κ3) is 1.96. The molecule has 0 unspecified atom stereocenters. The number of hydrogen-bond acceptors (Lipinski definition) is 5. The molecule has 3 N–H and O–H groups in total. The molecular formula is C7H11ClN7O+. The average molecular weight is 245 g/mol. The van der Waals surface area contributed by atoms with Crippen molar-refractivity contribution in [3.05, 3.63) is 5.69 Å². The fourth-order valence-corrected chi connectivity index (χ4v) is 1.62. The van der Waals surface area contributed by atoms with Gasteiger partial charge in [0, 0.05) is 0 Å². The predicted octanol–water partition coefficient (Wildman–Crippen LogP) is -0.658. The summed E-state index contributed by atoms with van der Waals surface area (Å²) in [5.74, 6) is 0.220. The summed E-state index contributed by atoms with van der Waals surface area (Å²) in [4.78, 5) is 11.0. The monoisotopic (exact) mass is 244 g/mol. The summed E-state index contributed by atoms with van der Waals surface area (Å²) in [6.45, 7) is 2.02. The first-order valence-electron chi connectivity index (χ1n) is 4.73. The number of amides is 1. The van der Waals surface area contributed by atoms with Crippen molar-refractivity contribution in [1.29, 1.82) is 0 Å². The highest BCUT2D eigenvalue weighted by Crippen LogP contribution is 2.17. The Morgan fingerprint density at radius 2 is 2.44 bits per heavy atom. The number of H-pyrrole nitrogens is 1. The van der Waals surface area contributed by atoms with Crippen LogP contribution in [0.25, 0.3) is 0 Å². The molecular weight excluding hydrogens is 234 g/mol. The van der Waals surface area contributed by atoms with Crippen LogP contribution in [0.1, 0.15) is 10.5 Å². The Morgan fingerprint density at radius 1 is 1.62 bits per heavy atom. The molecule has 8 nitrogen and oxygen atoms in total. The van der Waals surface area contributed by atoms with E-state index in [2.05, 4.69) is 20.6 Å². The minimum atomic E-state index is -0.630. The molecule has 0 aromatic carbocycles. The molecule has 0 bridgehead atoms. The zero-order valence-corrected chi connectivity index (χ0v) is 9.18. The molecule has 1 aromatic heterocycles. The van der Waals surface area contributed by atoms with E-state index in [4.69, 9.17) is 17.3 Å². The van der Waals surface area contributed by atoms with Gasteiger partial charge in [-0.25, -0.2) is 0 Å². The van der Waals surface area contributed by atoms with E-state index in [-0.39, 0.29) is 5.69 Å². The van der Waals surface area contributed by atoms with Gasteiger partial charge in [-0.3, -0.25) is 4.79 Å². The lowest BCUT2D eigenvalue weighted by Crippen LogP contribution is -2.20. The number of alkyl halides is 1. The zero-order valence-electron chi connectivity index (χ0n) is 8.43. The SMILES string of the molecule is NC(=O)c1n[nH]nc1N1CC[N+](CCCl)=N1. The average Bonchev–Trinajstić information content (AvgIpc) is 2.83. The van der Waals surface area contributed by atoms with E-state index < -0.39 is 5.91 Å². The van der Waals surface area contributed by atoms with Crippen molar-refractivity contribution < 1.29 is 9.49 Å². The van der Waals surface area contributed by atoms with Crippen molar-refractivity contribution in [3.8, 4) is 0 Å². The lowest BCUT2D eigenvalue weighted by molar-refractivity contribution is -0.575. The second kappa shape index (κ2) is 4.44. The molecule has 16 heavy (non-hydrogen) atoms. The fourth-order valence-electron chi connectivity index (χ4n) is 1.43. The van der Waals surface area contributed by atoms with Crippen LogP contribution in [-0.2, 0) is 0 Å². The first-order valence-corrected chi connectivity index (χ1v) is 5.26. The van der Waals surface area contributed by atoms with Gasteiger partial charge >= 0.3 is 0 Å². The number of anilines is 1. The topological polar surface area (TPSA) is 103 Å². The molecule has 1 aliphatic rings. The molecule has 0 spiro atoms. The fraction of sp³-hybridized carbons (Fsp3) is 0.571. The molecule has 9 heteroatoms. The third-order valence-corrected chi connectivity index (χ3v) is 2.32. The van der Waals surface area contributed by atoms with Gasteiger partial charge in [-0.1, -0.05) is 0 Å². The number of halogens is 1. The Balaban J connectivity index is 2.20. The first kappa shape index (κ1) is 10.8. The van der Waals surface area contributed by atoms with E-state index in [0.717, 1.165) is 6.54 Å². The highest BCUT2D eigenvalue weighted by atomic mass is 35.5. The van der Waals surface area contributed by atoms with E-state index >= 15 is 0 Å². The molecule has 1 amide bonds. The van der Waals surface area contributed by atoms with E-state index in [1.165, 1.54) is 0 Å². The number of nitrogens with one attached hydrogen (secondary N) is 1. The lowest BCUT2D eigenvalue weighted by atomic mass is 10.4. The second-order valence-corrected chi connectivity index (χ2v) is 3.59. The summed E-state index contributed by atoms with van der Waals surface area (Å²) in [6, 6.07) is 0. The van der Waals surface area contributed by atoms with Crippen molar-refractivity contribution >= 4 is 23.3 Å². The Kier molecular flexibility index (Phi) is 3.00.